The van der Waals surface area contributed by atoms with Crippen molar-refractivity contribution in [3.8, 4) is 0 Å². The van der Waals surface area contributed by atoms with E-state index in [0.717, 1.165) is 0 Å². The molecule has 0 radical (unpaired) electrons. The molecule has 0 spiro atoms. The molecule has 6 heteroatoms. The number of halogens is 1. The Morgan fingerprint density at radius 1 is 1.14 bits per heavy atom. The van der Waals surface area contributed by atoms with Crippen molar-refractivity contribution in [1.29, 1.82) is 0 Å². The molecule has 0 aliphatic heterocycles. The van der Waals surface area contributed by atoms with Crippen LogP contribution in [0.25, 0.3) is 0 Å². The second-order valence-corrected chi connectivity index (χ2v) is 6.78. The number of hydrogen-bond donors (Lipinski definition) is 1. The molecule has 0 fully saturated rings. The first-order valence-electron chi connectivity index (χ1n) is 6.22. The molecule has 0 saturated carbocycles. The highest BCUT2D eigenvalue weighted by Crippen LogP contribution is 2.16. The normalized spacial score (nSPS) is 11.1. The first kappa shape index (κ1) is 15.5. The topological polar surface area (TPSA) is 63.2 Å². The van der Waals surface area contributed by atoms with Gasteiger partial charge in [-0.25, -0.2) is 8.42 Å². The lowest BCUT2D eigenvalue weighted by atomic mass is 10.1. The lowest BCUT2D eigenvalue weighted by Crippen LogP contribution is -2.15. The molecule has 0 bridgehead atoms. The molecule has 2 aromatic carbocycles. The Morgan fingerprint density at radius 2 is 1.81 bits per heavy atom. The first-order valence-corrected chi connectivity index (χ1v) is 8.25. The third kappa shape index (κ3) is 4.58. The van der Waals surface area contributed by atoms with E-state index < -0.39 is 10.0 Å². The average molecular weight is 324 g/mol. The van der Waals surface area contributed by atoms with Crippen molar-refractivity contribution in [3.63, 3.8) is 0 Å². The molecule has 0 aromatic heterocycles. The summed E-state index contributed by atoms with van der Waals surface area (Å²) >= 11 is 5.76. The van der Waals surface area contributed by atoms with Gasteiger partial charge in [-0.05, 0) is 36.8 Å². The number of hydrogen-bond acceptors (Lipinski definition) is 3. The molecule has 2 rings (SSSR count). The summed E-state index contributed by atoms with van der Waals surface area (Å²) in [4.78, 5) is 11.3. The van der Waals surface area contributed by atoms with Gasteiger partial charge in [0.1, 0.15) is 0 Å². The fourth-order valence-corrected chi connectivity index (χ4v) is 3.13. The third-order valence-electron chi connectivity index (χ3n) is 2.81. The van der Waals surface area contributed by atoms with Crippen molar-refractivity contribution >= 4 is 33.1 Å². The second-order valence-electron chi connectivity index (χ2n) is 4.62. The highest BCUT2D eigenvalue weighted by Gasteiger charge is 2.12. The number of sulfonamides is 1. The second kappa shape index (κ2) is 6.28. The molecule has 110 valence electrons. The van der Waals surface area contributed by atoms with E-state index in [-0.39, 0.29) is 11.5 Å². The fraction of sp³-hybridized carbons (Fsp3) is 0.133. The summed E-state index contributed by atoms with van der Waals surface area (Å²) < 4.78 is 26.7. The smallest absolute Gasteiger partial charge is 0.236 e. The number of anilines is 1. The molecular weight excluding hydrogens is 310 g/mol. The summed E-state index contributed by atoms with van der Waals surface area (Å²) in [5.74, 6) is -0.275. The minimum Gasteiger partial charge on any atom is -0.295 e. The van der Waals surface area contributed by atoms with Gasteiger partial charge in [0.25, 0.3) is 0 Å². The van der Waals surface area contributed by atoms with E-state index in [0.29, 0.717) is 21.8 Å². The van der Waals surface area contributed by atoms with Crippen LogP contribution in [0.4, 0.5) is 5.69 Å². The fourth-order valence-electron chi connectivity index (χ4n) is 1.82. The highest BCUT2D eigenvalue weighted by atomic mass is 35.5. The van der Waals surface area contributed by atoms with E-state index >= 15 is 0 Å². The lowest BCUT2D eigenvalue weighted by Gasteiger charge is -2.09. The minimum atomic E-state index is -3.55. The zero-order valence-electron chi connectivity index (χ0n) is 11.3. The Hall–Kier alpha value is -1.85. The zero-order chi connectivity index (χ0) is 15.5. The molecule has 4 nitrogen and oxygen atoms in total. The Kier molecular flexibility index (Phi) is 4.65. The molecule has 0 heterocycles. The Labute approximate surface area is 128 Å². The van der Waals surface area contributed by atoms with Crippen LogP contribution >= 0.6 is 11.6 Å². The Morgan fingerprint density at radius 3 is 2.43 bits per heavy atom. The molecule has 0 unspecified atom stereocenters. The van der Waals surface area contributed by atoms with E-state index in [2.05, 4.69) is 4.72 Å². The molecule has 0 aliphatic rings. The maximum Gasteiger partial charge on any atom is 0.236 e. The summed E-state index contributed by atoms with van der Waals surface area (Å²) in [6, 6.07) is 13.0. The zero-order valence-corrected chi connectivity index (χ0v) is 12.9. The van der Waals surface area contributed by atoms with Crippen molar-refractivity contribution in [2.24, 2.45) is 0 Å². The summed E-state index contributed by atoms with van der Waals surface area (Å²) in [7, 11) is -3.55. The molecule has 0 saturated heterocycles. The molecule has 0 aliphatic carbocycles. The maximum absolute atomic E-state index is 12.1. The maximum atomic E-state index is 12.1. The van der Waals surface area contributed by atoms with E-state index in [1.54, 1.807) is 42.5 Å². The standard InChI is InChI=1S/C15H14ClNO3S/c1-11(18)13-3-2-4-15(9-13)17-21(19,20)10-12-5-7-14(16)8-6-12/h2-9,17H,10H2,1H3. The lowest BCUT2D eigenvalue weighted by molar-refractivity contribution is 0.101. The number of Topliss-reactive ketones (excluding diaryl/α,β-unsaturated/α-hetero) is 1. The number of nitrogens with one attached hydrogen (secondary N) is 1. The van der Waals surface area contributed by atoms with Crippen LogP contribution in [0.3, 0.4) is 0 Å². The van der Waals surface area contributed by atoms with E-state index in [1.165, 1.54) is 13.0 Å². The Bertz CT molecular complexity index is 755. The van der Waals surface area contributed by atoms with Gasteiger partial charge in [0.05, 0.1) is 5.75 Å². The van der Waals surface area contributed by atoms with E-state index in [1.807, 2.05) is 0 Å². The van der Waals surface area contributed by atoms with Crippen LogP contribution in [0.15, 0.2) is 48.5 Å². The van der Waals surface area contributed by atoms with Crippen LogP contribution in [0.2, 0.25) is 5.02 Å². The number of rotatable bonds is 5. The average Bonchev–Trinajstić information content (AvgIpc) is 2.41. The molecule has 1 N–H and O–H groups in total. The summed E-state index contributed by atoms with van der Waals surface area (Å²) in [5.41, 5.74) is 1.47. The van der Waals surface area contributed by atoms with Crippen molar-refractivity contribution < 1.29 is 13.2 Å². The SMILES string of the molecule is CC(=O)c1cccc(NS(=O)(=O)Cc2ccc(Cl)cc2)c1. The van der Waals surface area contributed by atoms with Crippen LogP contribution in [0.1, 0.15) is 22.8 Å². The van der Waals surface area contributed by atoms with Crippen LogP contribution < -0.4 is 4.72 Å². The molecule has 2 aromatic rings. The Balaban J connectivity index is 2.15. The van der Waals surface area contributed by atoms with Gasteiger partial charge in [0.2, 0.25) is 10.0 Å². The quantitative estimate of drug-likeness (QED) is 0.857. The van der Waals surface area contributed by atoms with Crippen LogP contribution in [0, 0.1) is 0 Å². The number of ketones is 1. The predicted molar refractivity (Wildman–Crippen MR) is 84.1 cm³/mol. The molecule has 21 heavy (non-hydrogen) atoms. The van der Waals surface area contributed by atoms with Crippen LogP contribution in [-0.4, -0.2) is 14.2 Å². The van der Waals surface area contributed by atoms with Crippen LogP contribution in [0.5, 0.6) is 0 Å². The summed E-state index contributed by atoms with van der Waals surface area (Å²) in [5, 5.41) is 0.554. The summed E-state index contributed by atoms with van der Waals surface area (Å²) in [6.45, 7) is 1.43. The van der Waals surface area contributed by atoms with E-state index in [9.17, 15) is 13.2 Å². The van der Waals surface area contributed by atoms with E-state index in [4.69, 9.17) is 11.6 Å². The minimum absolute atomic E-state index is 0.117. The first-order chi connectivity index (χ1) is 9.85. The van der Waals surface area contributed by atoms with Crippen molar-refractivity contribution in [3.05, 3.63) is 64.7 Å². The van der Waals surface area contributed by atoms with Gasteiger partial charge in [0.15, 0.2) is 5.78 Å². The van der Waals surface area contributed by atoms with Gasteiger partial charge in [-0.1, -0.05) is 35.9 Å². The van der Waals surface area contributed by atoms with Crippen molar-refractivity contribution in [2.45, 2.75) is 12.7 Å². The van der Waals surface area contributed by atoms with Gasteiger partial charge in [0, 0.05) is 16.3 Å². The number of carbonyl (C=O) groups excluding carboxylic acids is 1. The number of carbonyl (C=O) groups is 1. The van der Waals surface area contributed by atoms with Gasteiger partial charge in [-0.3, -0.25) is 9.52 Å². The molecule has 0 atom stereocenters. The van der Waals surface area contributed by atoms with Gasteiger partial charge in [-0.2, -0.15) is 0 Å². The largest absolute Gasteiger partial charge is 0.295 e. The predicted octanol–water partition coefficient (Wildman–Crippen LogP) is 3.48. The third-order valence-corrected chi connectivity index (χ3v) is 4.32. The van der Waals surface area contributed by atoms with Gasteiger partial charge >= 0.3 is 0 Å². The summed E-state index contributed by atoms with van der Waals surface area (Å²) in [6.07, 6.45) is 0. The van der Waals surface area contributed by atoms with Gasteiger partial charge in [-0.15, -0.1) is 0 Å². The van der Waals surface area contributed by atoms with Crippen LogP contribution in [-0.2, 0) is 15.8 Å². The van der Waals surface area contributed by atoms with Crippen molar-refractivity contribution in [1.82, 2.24) is 0 Å². The van der Waals surface area contributed by atoms with Gasteiger partial charge < -0.3 is 0 Å². The molecule has 0 amide bonds. The number of benzene rings is 2. The molecular formula is C15H14ClNO3S. The monoisotopic (exact) mass is 323 g/mol. The highest BCUT2D eigenvalue weighted by molar-refractivity contribution is 7.91. The van der Waals surface area contributed by atoms with Crippen molar-refractivity contribution in [2.75, 3.05) is 4.72 Å².